The van der Waals surface area contributed by atoms with Gasteiger partial charge >= 0.3 is 0 Å². The monoisotopic (exact) mass is 278 g/mol. The molecule has 0 aromatic carbocycles. The van der Waals surface area contributed by atoms with Crippen molar-refractivity contribution in [2.75, 3.05) is 31.1 Å². The third-order valence-electron chi connectivity index (χ3n) is 3.46. The highest BCUT2D eigenvalue weighted by Gasteiger charge is 2.27. The molecule has 1 aromatic rings. The quantitative estimate of drug-likeness (QED) is 0.834. The van der Waals surface area contributed by atoms with Crippen LogP contribution >= 0.6 is 0 Å². The normalized spacial score (nSPS) is 18.9. The van der Waals surface area contributed by atoms with E-state index in [1.54, 1.807) is 0 Å². The number of aryl methyl sites for hydroxylation is 2. The van der Waals surface area contributed by atoms with Gasteiger partial charge in [0, 0.05) is 31.0 Å². The van der Waals surface area contributed by atoms with Gasteiger partial charge in [-0.2, -0.15) is 0 Å². The zero-order chi connectivity index (χ0) is 14.5. The molecule has 1 atom stereocenters. The maximum absolute atomic E-state index is 12.0. The second-order valence-corrected chi connectivity index (χ2v) is 5.25. The van der Waals surface area contributed by atoms with E-state index < -0.39 is 0 Å². The van der Waals surface area contributed by atoms with Crippen molar-refractivity contribution in [2.45, 2.75) is 26.7 Å². The van der Waals surface area contributed by atoms with Gasteiger partial charge in [0.2, 0.25) is 11.9 Å². The molecule has 1 aliphatic rings. The molecule has 2 rings (SSSR count). The average molecular weight is 278 g/mol. The third-order valence-corrected chi connectivity index (χ3v) is 3.46. The average Bonchev–Trinajstić information content (AvgIpc) is 2.44. The van der Waals surface area contributed by atoms with Crippen molar-refractivity contribution in [3.8, 4) is 0 Å². The number of carbonyl (C=O) groups excluding carboxylic acids is 1. The summed E-state index contributed by atoms with van der Waals surface area (Å²) in [5.74, 6) is 0.662. The molecule has 1 aliphatic heterocycles. The Morgan fingerprint density at radius 3 is 2.80 bits per heavy atom. The molecule has 1 fully saturated rings. The van der Waals surface area contributed by atoms with E-state index in [1.807, 2.05) is 19.9 Å². The molecule has 1 saturated heterocycles. The molecule has 6 nitrogen and oxygen atoms in total. The van der Waals surface area contributed by atoms with Crippen LogP contribution in [0.4, 0.5) is 5.95 Å². The third kappa shape index (κ3) is 3.66. The summed E-state index contributed by atoms with van der Waals surface area (Å²) in [6.07, 6.45) is 1.83. The summed E-state index contributed by atoms with van der Waals surface area (Å²) in [4.78, 5) is 23.0. The van der Waals surface area contributed by atoms with E-state index in [9.17, 15) is 4.79 Å². The second kappa shape index (κ2) is 6.65. The lowest BCUT2D eigenvalue weighted by Gasteiger charge is -2.32. The molecule has 1 aromatic heterocycles. The molecule has 20 heavy (non-hydrogen) atoms. The van der Waals surface area contributed by atoms with Crippen LogP contribution in [0.1, 0.15) is 24.2 Å². The van der Waals surface area contributed by atoms with E-state index >= 15 is 0 Å². The maximum atomic E-state index is 12.0. The van der Waals surface area contributed by atoms with E-state index in [-0.39, 0.29) is 18.4 Å². The maximum Gasteiger partial charge on any atom is 0.225 e. The number of hydrogen-bond donors (Lipinski definition) is 2. The summed E-state index contributed by atoms with van der Waals surface area (Å²) >= 11 is 0. The van der Waals surface area contributed by atoms with Crippen molar-refractivity contribution in [1.82, 2.24) is 15.3 Å². The van der Waals surface area contributed by atoms with Crippen LogP contribution in [0.5, 0.6) is 0 Å². The van der Waals surface area contributed by atoms with E-state index in [1.165, 1.54) is 0 Å². The van der Waals surface area contributed by atoms with Gasteiger partial charge in [-0.1, -0.05) is 0 Å². The molecular weight excluding hydrogens is 256 g/mol. The molecule has 2 N–H and O–H groups in total. The van der Waals surface area contributed by atoms with Gasteiger partial charge in [-0.25, -0.2) is 9.97 Å². The Bertz CT molecular complexity index is 458. The number of hydrogen-bond acceptors (Lipinski definition) is 5. The summed E-state index contributed by atoms with van der Waals surface area (Å²) in [5.41, 5.74) is 1.89. The molecule has 0 bridgehead atoms. The molecule has 0 aliphatic carbocycles. The number of carbonyl (C=O) groups is 1. The standard InChI is InChI=1S/C14H22N4O2/c1-10-8-11(2)17-14(16-10)18-6-3-4-12(9-18)13(20)15-5-7-19/h8,12,19H,3-7,9H2,1-2H3,(H,15,20)/t12-/m1/s1. The number of piperidine rings is 1. The van der Waals surface area contributed by atoms with Gasteiger partial charge in [0.25, 0.3) is 0 Å². The summed E-state index contributed by atoms with van der Waals surface area (Å²) in [7, 11) is 0. The summed E-state index contributed by atoms with van der Waals surface area (Å²) in [5, 5.41) is 11.5. The van der Waals surface area contributed by atoms with Crippen molar-refractivity contribution in [3.63, 3.8) is 0 Å². The number of nitrogens with zero attached hydrogens (tertiary/aromatic N) is 3. The number of rotatable bonds is 4. The summed E-state index contributed by atoms with van der Waals surface area (Å²) < 4.78 is 0. The Morgan fingerprint density at radius 1 is 1.45 bits per heavy atom. The van der Waals surface area contributed by atoms with Crippen molar-refractivity contribution in [1.29, 1.82) is 0 Å². The zero-order valence-corrected chi connectivity index (χ0v) is 12.1. The highest BCUT2D eigenvalue weighted by molar-refractivity contribution is 5.79. The number of anilines is 1. The van der Waals surface area contributed by atoms with Crippen molar-refractivity contribution < 1.29 is 9.90 Å². The lowest BCUT2D eigenvalue weighted by Crippen LogP contribution is -2.44. The molecule has 0 unspecified atom stereocenters. The molecule has 0 spiro atoms. The Hall–Kier alpha value is -1.69. The van der Waals surface area contributed by atoms with Crippen LogP contribution in [0.15, 0.2) is 6.07 Å². The predicted molar refractivity (Wildman–Crippen MR) is 76.5 cm³/mol. The van der Waals surface area contributed by atoms with Crippen LogP contribution in [-0.2, 0) is 4.79 Å². The lowest BCUT2D eigenvalue weighted by molar-refractivity contribution is -0.125. The fraction of sp³-hybridized carbons (Fsp3) is 0.643. The minimum absolute atomic E-state index is 0.00752. The molecule has 0 radical (unpaired) electrons. The van der Waals surface area contributed by atoms with Gasteiger partial charge in [0.15, 0.2) is 0 Å². The molecular formula is C14H22N4O2. The van der Waals surface area contributed by atoms with Crippen LogP contribution in [-0.4, -0.2) is 47.2 Å². The predicted octanol–water partition coefficient (Wildman–Crippen LogP) is 0.418. The first-order valence-corrected chi connectivity index (χ1v) is 7.06. The van der Waals surface area contributed by atoms with Crippen LogP contribution < -0.4 is 10.2 Å². The Morgan fingerprint density at radius 2 is 2.15 bits per heavy atom. The molecule has 2 heterocycles. The van der Waals surface area contributed by atoms with Crippen molar-refractivity contribution in [3.05, 3.63) is 17.5 Å². The number of amides is 1. The van der Waals surface area contributed by atoms with E-state index in [0.29, 0.717) is 19.0 Å². The van der Waals surface area contributed by atoms with Gasteiger partial charge in [-0.3, -0.25) is 4.79 Å². The van der Waals surface area contributed by atoms with E-state index in [4.69, 9.17) is 5.11 Å². The number of aromatic nitrogens is 2. The molecule has 1 amide bonds. The fourth-order valence-corrected chi connectivity index (χ4v) is 2.54. The van der Waals surface area contributed by atoms with E-state index in [2.05, 4.69) is 20.2 Å². The molecule has 110 valence electrons. The van der Waals surface area contributed by atoms with Crippen LogP contribution in [0.2, 0.25) is 0 Å². The minimum Gasteiger partial charge on any atom is -0.395 e. The molecule has 0 saturated carbocycles. The summed E-state index contributed by atoms with van der Waals surface area (Å²) in [6.45, 7) is 5.71. The first-order valence-electron chi connectivity index (χ1n) is 7.06. The van der Waals surface area contributed by atoms with Crippen molar-refractivity contribution >= 4 is 11.9 Å². The number of nitrogens with one attached hydrogen (secondary N) is 1. The van der Waals surface area contributed by atoms with Crippen LogP contribution in [0.25, 0.3) is 0 Å². The van der Waals surface area contributed by atoms with Crippen LogP contribution in [0.3, 0.4) is 0 Å². The number of aliphatic hydroxyl groups excluding tert-OH is 1. The smallest absolute Gasteiger partial charge is 0.225 e. The van der Waals surface area contributed by atoms with Gasteiger partial charge in [0.05, 0.1) is 12.5 Å². The Labute approximate surface area is 119 Å². The topological polar surface area (TPSA) is 78.4 Å². The minimum atomic E-state index is -0.0558. The fourth-order valence-electron chi connectivity index (χ4n) is 2.54. The van der Waals surface area contributed by atoms with Crippen LogP contribution in [0, 0.1) is 19.8 Å². The van der Waals surface area contributed by atoms with Gasteiger partial charge in [0.1, 0.15) is 0 Å². The molecule has 6 heteroatoms. The Balaban J connectivity index is 2.04. The van der Waals surface area contributed by atoms with Gasteiger partial charge in [-0.05, 0) is 32.8 Å². The van der Waals surface area contributed by atoms with Gasteiger partial charge in [-0.15, -0.1) is 0 Å². The zero-order valence-electron chi connectivity index (χ0n) is 12.1. The van der Waals surface area contributed by atoms with Gasteiger partial charge < -0.3 is 15.3 Å². The first kappa shape index (κ1) is 14.7. The van der Waals surface area contributed by atoms with E-state index in [0.717, 1.165) is 30.8 Å². The lowest BCUT2D eigenvalue weighted by atomic mass is 9.97. The Kier molecular flexibility index (Phi) is 4.89. The highest BCUT2D eigenvalue weighted by Crippen LogP contribution is 2.21. The number of aliphatic hydroxyl groups is 1. The summed E-state index contributed by atoms with van der Waals surface area (Å²) in [6, 6.07) is 1.94. The highest BCUT2D eigenvalue weighted by atomic mass is 16.3. The second-order valence-electron chi connectivity index (χ2n) is 5.25. The first-order chi connectivity index (χ1) is 9.60. The van der Waals surface area contributed by atoms with Crippen molar-refractivity contribution in [2.24, 2.45) is 5.92 Å². The SMILES string of the molecule is Cc1cc(C)nc(N2CCC[C@@H](C(=O)NCCO)C2)n1. The largest absolute Gasteiger partial charge is 0.395 e.